The van der Waals surface area contributed by atoms with Gasteiger partial charge < -0.3 is 14.4 Å². The lowest BCUT2D eigenvalue weighted by Crippen LogP contribution is -2.50. The summed E-state index contributed by atoms with van der Waals surface area (Å²) in [5.41, 5.74) is -0.424. The Balaban J connectivity index is 1.95. The van der Waals surface area contributed by atoms with Crippen molar-refractivity contribution in [3.05, 3.63) is 12.7 Å². The smallest absolute Gasteiger partial charge is 0.410 e. The Bertz CT molecular complexity index is 334. The summed E-state index contributed by atoms with van der Waals surface area (Å²) in [4.78, 5) is 14.2. The predicted octanol–water partition coefficient (Wildman–Crippen LogP) is 3.12. The van der Waals surface area contributed by atoms with Crippen LogP contribution >= 0.6 is 0 Å². The predicted molar refractivity (Wildman–Crippen MR) is 74.1 cm³/mol. The first-order chi connectivity index (χ1) is 8.90. The van der Waals surface area contributed by atoms with E-state index in [1.807, 2.05) is 25.7 Å². The van der Waals surface area contributed by atoms with Gasteiger partial charge in [-0.3, -0.25) is 0 Å². The summed E-state index contributed by atoms with van der Waals surface area (Å²) in [5.74, 6) is 0. The number of carbonyl (C=O) groups is 1. The van der Waals surface area contributed by atoms with Gasteiger partial charge in [0, 0.05) is 12.1 Å². The number of carbonyl (C=O) groups excluding carboxylic acids is 1. The van der Waals surface area contributed by atoms with Crippen molar-refractivity contribution >= 4 is 6.09 Å². The van der Waals surface area contributed by atoms with Crippen LogP contribution in [0.4, 0.5) is 4.79 Å². The van der Waals surface area contributed by atoms with Crippen molar-refractivity contribution in [2.24, 2.45) is 0 Å². The van der Waals surface area contributed by atoms with Gasteiger partial charge in [-0.2, -0.15) is 0 Å². The minimum atomic E-state index is -0.424. The SMILES string of the molecule is C=CCOC1CC2CCC(C1)N2C(=O)OC(C)(C)C. The second-order valence-electron chi connectivity index (χ2n) is 6.49. The molecule has 0 aliphatic carbocycles. The molecule has 0 radical (unpaired) electrons. The number of hydrogen-bond acceptors (Lipinski definition) is 3. The first kappa shape index (κ1) is 14.4. The second kappa shape index (κ2) is 5.53. The van der Waals surface area contributed by atoms with Gasteiger partial charge in [0.15, 0.2) is 0 Å². The molecule has 0 saturated carbocycles. The molecule has 2 heterocycles. The zero-order chi connectivity index (χ0) is 14.0. The molecule has 2 bridgehead atoms. The van der Waals surface area contributed by atoms with Crippen molar-refractivity contribution in [2.45, 2.75) is 70.2 Å². The zero-order valence-corrected chi connectivity index (χ0v) is 12.2. The van der Waals surface area contributed by atoms with Crippen molar-refractivity contribution in [2.75, 3.05) is 6.61 Å². The van der Waals surface area contributed by atoms with E-state index in [0.29, 0.717) is 6.61 Å². The molecule has 2 saturated heterocycles. The van der Waals surface area contributed by atoms with Gasteiger partial charge >= 0.3 is 6.09 Å². The van der Waals surface area contributed by atoms with E-state index >= 15 is 0 Å². The number of amides is 1. The molecule has 0 aromatic carbocycles. The van der Waals surface area contributed by atoms with Crippen molar-refractivity contribution in [3.63, 3.8) is 0 Å². The van der Waals surface area contributed by atoms with Crippen LogP contribution in [0, 0.1) is 0 Å². The molecular weight excluding hydrogens is 242 g/mol. The first-order valence-electron chi connectivity index (χ1n) is 7.14. The maximum atomic E-state index is 12.2. The number of ether oxygens (including phenoxy) is 2. The molecule has 2 rings (SSSR count). The number of hydrogen-bond donors (Lipinski definition) is 0. The van der Waals surface area contributed by atoms with Crippen molar-refractivity contribution in [1.82, 2.24) is 4.90 Å². The van der Waals surface area contributed by atoms with Gasteiger partial charge in [-0.15, -0.1) is 6.58 Å². The Morgan fingerprint density at radius 3 is 2.37 bits per heavy atom. The molecule has 4 heteroatoms. The van der Waals surface area contributed by atoms with Gasteiger partial charge in [0.2, 0.25) is 0 Å². The van der Waals surface area contributed by atoms with Gasteiger partial charge in [0.05, 0.1) is 12.7 Å². The number of fused-ring (bicyclic) bond motifs is 2. The number of piperidine rings is 1. The maximum absolute atomic E-state index is 12.2. The van der Waals surface area contributed by atoms with E-state index in [2.05, 4.69) is 6.58 Å². The quantitative estimate of drug-likeness (QED) is 0.737. The number of nitrogens with zero attached hydrogens (tertiary/aromatic N) is 1. The van der Waals surface area contributed by atoms with E-state index in [1.54, 1.807) is 6.08 Å². The first-order valence-corrected chi connectivity index (χ1v) is 7.14. The highest BCUT2D eigenvalue weighted by Gasteiger charge is 2.45. The molecule has 0 aromatic rings. The monoisotopic (exact) mass is 267 g/mol. The van der Waals surface area contributed by atoms with Crippen LogP contribution in [0.15, 0.2) is 12.7 Å². The fourth-order valence-corrected chi connectivity index (χ4v) is 3.08. The summed E-state index contributed by atoms with van der Waals surface area (Å²) in [7, 11) is 0. The topological polar surface area (TPSA) is 38.8 Å². The van der Waals surface area contributed by atoms with E-state index in [0.717, 1.165) is 25.7 Å². The van der Waals surface area contributed by atoms with E-state index in [9.17, 15) is 4.79 Å². The highest BCUT2D eigenvalue weighted by Crippen LogP contribution is 2.37. The van der Waals surface area contributed by atoms with Gasteiger partial charge in [0.25, 0.3) is 0 Å². The highest BCUT2D eigenvalue weighted by atomic mass is 16.6. The van der Waals surface area contributed by atoms with Crippen molar-refractivity contribution in [3.8, 4) is 0 Å². The second-order valence-corrected chi connectivity index (χ2v) is 6.49. The van der Waals surface area contributed by atoms with Crippen LogP contribution in [-0.4, -0.2) is 41.4 Å². The Kier molecular flexibility index (Phi) is 4.19. The molecule has 108 valence electrons. The van der Waals surface area contributed by atoms with Crippen LogP contribution in [-0.2, 0) is 9.47 Å². The average molecular weight is 267 g/mol. The van der Waals surface area contributed by atoms with Crippen molar-refractivity contribution < 1.29 is 14.3 Å². The summed E-state index contributed by atoms with van der Waals surface area (Å²) in [5, 5.41) is 0. The minimum Gasteiger partial charge on any atom is -0.444 e. The van der Waals surface area contributed by atoms with Crippen LogP contribution in [0.5, 0.6) is 0 Å². The summed E-state index contributed by atoms with van der Waals surface area (Å²) >= 11 is 0. The molecule has 1 amide bonds. The van der Waals surface area contributed by atoms with Crippen LogP contribution in [0.1, 0.15) is 46.5 Å². The molecule has 2 aliphatic rings. The molecule has 2 atom stereocenters. The third-order valence-electron chi connectivity index (χ3n) is 3.74. The maximum Gasteiger partial charge on any atom is 0.410 e. The standard InChI is InChI=1S/C15H25NO3/c1-5-8-18-13-9-11-6-7-12(10-13)16(11)14(17)19-15(2,3)4/h5,11-13H,1,6-10H2,2-4H3. The van der Waals surface area contributed by atoms with Crippen molar-refractivity contribution in [1.29, 1.82) is 0 Å². The fraction of sp³-hybridized carbons (Fsp3) is 0.800. The largest absolute Gasteiger partial charge is 0.444 e. The third kappa shape index (κ3) is 3.50. The van der Waals surface area contributed by atoms with E-state index in [-0.39, 0.29) is 24.3 Å². The minimum absolute atomic E-state index is 0.165. The van der Waals surface area contributed by atoms with Gasteiger partial charge in [-0.1, -0.05) is 6.08 Å². The molecule has 2 fully saturated rings. The van der Waals surface area contributed by atoms with Gasteiger partial charge in [-0.25, -0.2) is 4.79 Å². The van der Waals surface area contributed by atoms with Crippen LogP contribution < -0.4 is 0 Å². The zero-order valence-electron chi connectivity index (χ0n) is 12.2. The van der Waals surface area contributed by atoms with E-state index in [4.69, 9.17) is 9.47 Å². The number of rotatable bonds is 3. The molecular formula is C15H25NO3. The summed E-state index contributed by atoms with van der Waals surface area (Å²) in [6.45, 7) is 9.99. The lowest BCUT2D eigenvalue weighted by Gasteiger charge is -2.39. The lowest BCUT2D eigenvalue weighted by molar-refractivity contribution is -0.0281. The summed E-state index contributed by atoms with van der Waals surface area (Å²) in [6, 6.07) is 0.562. The molecule has 0 N–H and O–H groups in total. The third-order valence-corrected chi connectivity index (χ3v) is 3.74. The molecule has 19 heavy (non-hydrogen) atoms. The Hall–Kier alpha value is -1.03. The average Bonchev–Trinajstić information content (AvgIpc) is 2.56. The fourth-order valence-electron chi connectivity index (χ4n) is 3.08. The van der Waals surface area contributed by atoms with Gasteiger partial charge in [0.1, 0.15) is 5.60 Å². The highest BCUT2D eigenvalue weighted by molar-refractivity contribution is 5.69. The Morgan fingerprint density at radius 2 is 1.89 bits per heavy atom. The Morgan fingerprint density at radius 1 is 1.32 bits per heavy atom. The molecule has 4 nitrogen and oxygen atoms in total. The molecule has 2 aliphatic heterocycles. The summed E-state index contributed by atoms with van der Waals surface area (Å²) < 4.78 is 11.2. The molecule has 0 spiro atoms. The summed E-state index contributed by atoms with van der Waals surface area (Å²) in [6.07, 6.45) is 5.85. The molecule has 0 aromatic heterocycles. The normalized spacial score (nSPS) is 30.3. The van der Waals surface area contributed by atoms with Crippen LogP contribution in [0.2, 0.25) is 0 Å². The van der Waals surface area contributed by atoms with E-state index < -0.39 is 5.60 Å². The van der Waals surface area contributed by atoms with E-state index in [1.165, 1.54) is 0 Å². The van der Waals surface area contributed by atoms with Crippen LogP contribution in [0.3, 0.4) is 0 Å². The lowest BCUT2D eigenvalue weighted by atomic mass is 10.0. The van der Waals surface area contributed by atoms with Gasteiger partial charge in [-0.05, 0) is 46.5 Å². The Labute approximate surface area is 115 Å². The van der Waals surface area contributed by atoms with Crippen LogP contribution in [0.25, 0.3) is 0 Å². The molecule has 2 unspecified atom stereocenters.